The number of unbranched alkanes of at least 4 members (excludes halogenated alkanes) is 1. The Hall–Kier alpha value is -1.05. The monoisotopic (exact) mass is 493 g/mol. The Morgan fingerprint density at radius 3 is 1.80 bits per heavy atom. The molecule has 25 heavy (non-hydrogen) atoms. The summed E-state index contributed by atoms with van der Waals surface area (Å²) in [5.74, 6) is 0. The van der Waals surface area contributed by atoms with Crippen molar-refractivity contribution in [3.05, 3.63) is 36.4 Å². The first-order valence-electron chi connectivity index (χ1n) is 7.47. The molecule has 3 rings (SSSR count). The fourth-order valence-electron chi connectivity index (χ4n) is 2.97. The first kappa shape index (κ1) is 22.0. The minimum absolute atomic E-state index is 0. The van der Waals surface area contributed by atoms with Crippen LogP contribution in [0.5, 0.6) is 0 Å². The number of aromatic nitrogens is 1. The highest BCUT2D eigenvalue weighted by Gasteiger charge is 2.14. The quantitative estimate of drug-likeness (QED) is 0.242. The Morgan fingerprint density at radius 1 is 0.880 bits per heavy atom. The van der Waals surface area contributed by atoms with E-state index in [-0.39, 0.29) is 40.1 Å². The summed E-state index contributed by atoms with van der Waals surface area (Å²) in [7, 11) is -3.92. The number of nitrogens with zero attached hydrogens (tertiary/aromatic N) is 1. The lowest BCUT2D eigenvalue weighted by atomic mass is 10.1. The van der Waals surface area contributed by atoms with Crippen LogP contribution in [0.3, 0.4) is 0 Å². The van der Waals surface area contributed by atoms with Gasteiger partial charge in [0.2, 0.25) is 0 Å². The molecule has 0 aliphatic rings. The van der Waals surface area contributed by atoms with Gasteiger partial charge in [0.25, 0.3) is 0 Å². The third-order valence-corrected chi connectivity index (χ3v) is 4.89. The van der Waals surface area contributed by atoms with E-state index in [1.807, 2.05) is 36.4 Å². The smallest absolute Gasteiger partial charge is 0.325 e. The lowest BCUT2D eigenvalue weighted by Crippen LogP contribution is -1.99. The van der Waals surface area contributed by atoms with E-state index in [1.54, 1.807) is 0 Å². The highest BCUT2D eigenvalue weighted by molar-refractivity contribution is 8.93. The number of fused-ring (bicyclic) bond motifs is 3. The van der Waals surface area contributed by atoms with Gasteiger partial charge >= 0.3 is 7.60 Å². The van der Waals surface area contributed by atoms with Crippen molar-refractivity contribution in [3.63, 3.8) is 0 Å². The molecule has 0 saturated heterocycles. The third kappa shape index (κ3) is 4.99. The summed E-state index contributed by atoms with van der Waals surface area (Å²) in [6.45, 7) is 0.688. The zero-order valence-electron chi connectivity index (χ0n) is 13.5. The van der Waals surface area contributed by atoms with Gasteiger partial charge in [0, 0.05) is 45.9 Å². The van der Waals surface area contributed by atoms with Gasteiger partial charge in [0.1, 0.15) is 0 Å². The van der Waals surface area contributed by atoms with Crippen LogP contribution in [-0.4, -0.2) is 20.5 Å². The van der Waals surface area contributed by atoms with Crippen molar-refractivity contribution in [1.29, 1.82) is 0 Å². The topological polar surface area (TPSA) is 114 Å². The zero-order valence-corrected chi connectivity index (χ0v) is 17.8. The zero-order chi connectivity index (χ0) is 16.6. The molecular weight excluding hydrogens is 473 g/mol. The number of hydrogen-bond acceptors (Lipinski definition) is 3. The predicted octanol–water partition coefficient (Wildman–Crippen LogP) is 4.07. The molecule has 0 saturated carbocycles. The van der Waals surface area contributed by atoms with Gasteiger partial charge in [0.15, 0.2) is 0 Å². The van der Waals surface area contributed by atoms with Crippen molar-refractivity contribution in [2.75, 3.05) is 17.6 Å². The number of aryl methyl sites for hydroxylation is 1. The van der Waals surface area contributed by atoms with Gasteiger partial charge < -0.3 is 25.8 Å². The number of nitrogens with two attached hydrogens (primary N) is 2. The normalized spacial score (nSPS) is 11.3. The molecule has 0 aliphatic heterocycles. The first-order valence-corrected chi connectivity index (χ1v) is 9.26. The highest BCUT2D eigenvalue weighted by atomic mass is 79.9. The van der Waals surface area contributed by atoms with Gasteiger partial charge in [-0.15, -0.1) is 34.0 Å². The molecular formula is C16H22Br2N3O3P. The van der Waals surface area contributed by atoms with Gasteiger partial charge in [-0.3, -0.25) is 4.57 Å². The SMILES string of the molecule is Br.Br.Nc1ccc2c(c1)c1cc(N)ccc1n2CCCCP(=O)(O)O. The van der Waals surface area contributed by atoms with Crippen LogP contribution in [-0.2, 0) is 11.1 Å². The Morgan fingerprint density at radius 2 is 1.36 bits per heavy atom. The molecule has 0 bridgehead atoms. The van der Waals surface area contributed by atoms with Crippen LogP contribution in [0.2, 0.25) is 0 Å². The molecule has 0 amide bonds. The number of nitrogen functional groups attached to an aromatic ring is 2. The van der Waals surface area contributed by atoms with E-state index in [9.17, 15) is 4.57 Å². The molecule has 6 N–H and O–H groups in total. The minimum atomic E-state index is -3.92. The minimum Gasteiger partial charge on any atom is -0.399 e. The second-order valence-electron chi connectivity index (χ2n) is 5.80. The van der Waals surface area contributed by atoms with Crippen molar-refractivity contribution in [3.8, 4) is 0 Å². The Kier molecular flexibility index (Phi) is 7.53. The second-order valence-corrected chi connectivity index (χ2v) is 7.58. The summed E-state index contributed by atoms with van der Waals surface area (Å²) in [6, 6.07) is 11.5. The second kappa shape index (κ2) is 8.56. The standard InChI is InChI=1S/C16H20N3O3P.2BrH/c17-11-3-5-15-13(9-11)14-10-12(18)4-6-16(14)19(15)7-1-2-8-23(20,21)22;;/h3-6,9-10H,1-2,7-8,17-18H2,(H2,20,21,22);2*1H. The van der Waals surface area contributed by atoms with Gasteiger partial charge in [-0.25, -0.2) is 0 Å². The molecule has 0 aliphatic carbocycles. The van der Waals surface area contributed by atoms with E-state index in [0.29, 0.717) is 30.8 Å². The molecule has 0 spiro atoms. The van der Waals surface area contributed by atoms with Crippen LogP contribution in [0, 0.1) is 0 Å². The van der Waals surface area contributed by atoms with Crippen LogP contribution in [0.1, 0.15) is 12.8 Å². The van der Waals surface area contributed by atoms with E-state index in [0.717, 1.165) is 21.8 Å². The summed E-state index contributed by atoms with van der Waals surface area (Å²) in [5.41, 5.74) is 15.3. The molecule has 3 aromatic rings. The van der Waals surface area contributed by atoms with E-state index >= 15 is 0 Å². The molecule has 0 unspecified atom stereocenters. The van der Waals surface area contributed by atoms with Crippen LogP contribution in [0.15, 0.2) is 36.4 Å². The molecule has 0 fully saturated rings. The lowest BCUT2D eigenvalue weighted by molar-refractivity contribution is 0.370. The van der Waals surface area contributed by atoms with Gasteiger partial charge in [-0.2, -0.15) is 0 Å². The van der Waals surface area contributed by atoms with Crippen molar-refractivity contribution in [1.82, 2.24) is 4.57 Å². The van der Waals surface area contributed by atoms with Crippen molar-refractivity contribution >= 4 is 74.7 Å². The Balaban J connectivity index is 0.00000156. The predicted molar refractivity (Wildman–Crippen MR) is 115 cm³/mol. The Labute approximate surface area is 166 Å². The maximum atomic E-state index is 11.0. The third-order valence-electron chi connectivity index (χ3n) is 3.99. The van der Waals surface area contributed by atoms with Gasteiger partial charge in [-0.1, -0.05) is 0 Å². The molecule has 0 radical (unpaired) electrons. The molecule has 9 heteroatoms. The summed E-state index contributed by atoms with van der Waals surface area (Å²) >= 11 is 0. The molecule has 6 nitrogen and oxygen atoms in total. The average Bonchev–Trinajstić information content (AvgIpc) is 2.75. The Bertz CT molecular complexity index is 865. The summed E-state index contributed by atoms with van der Waals surface area (Å²) < 4.78 is 13.1. The number of rotatable bonds is 5. The van der Waals surface area contributed by atoms with Crippen LogP contribution < -0.4 is 11.5 Å². The molecule has 138 valence electrons. The fourth-order valence-corrected chi connectivity index (χ4v) is 3.60. The molecule has 1 heterocycles. The van der Waals surface area contributed by atoms with Crippen LogP contribution >= 0.6 is 41.6 Å². The number of halogens is 2. The maximum Gasteiger partial charge on any atom is 0.325 e. The highest BCUT2D eigenvalue weighted by Crippen LogP contribution is 2.36. The van der Waals surface area contributed by atoms with Crippen LogP contribution in [0.4, 0.5) is 11.4 Å². The van der Waals surface area contributed by atoms with Gasteiger partial charge in [0.05, 0.1) is 0 Å². The van der Waals surface area contributed by atoms with E-state index < -0.39 is 7.60 Å². The molecule has 1 aromatic heterocycles. The number of benzene rings is 2. The van der Waals surface area contributed by atoms with E-state index in [2.05, 4.69) is 4.57 Å². The molecule has 2 aromatic carbocycles. The average molecular weight is 495 g/mol. The lowest BCUT2D eigenvalue weighted by Gasteiger charge is -2.08. The summed E-state index contributed by atoms with van der Waals surface area (Å²) in [5, 5.41) is 2.09. The summed E-state index contributed by atoms with van der Waals surface area (Å²) in [6.07, 6.45) is 1.10. The van der Waals surface area contributed by atoms with E-state index in [1.165, 1.54) is 0 Å². The van der Waals surface area contributed by atoms with Crippen molar-refractivity contribution in [2.45, 2.75) is 19.4 Å². The number of hydrogen-bond donors (Lipinski definition) is 4. The largest absolute Gasteiger partial charge is 0.399 e. The van der Waals surface area contributed by atoms with Crippen LogP contribution in [0.25, 0.3) is 21.8 Å². The van der Waals surface area contributed by atoms with Crippen molar-refractivity contribution < 1.29 is 14.4 Å². The van der Waals surface area contributed by atoms with Crippen molar-refractivity contribution in [2.24, 2.45) is 0 Å². The fraction of sp³-hybridized carbons (Fsp3) is 0.250. The van der Waals surface area contributed by atoms with Gasteiger partial charge in [-0.05, 0) is 49.2 Å². The maximum absolute atomic E-state index is 11.0. The first-order chi connectivity index (χ1) is 10.8. The summed E-state index contributed by atoms with van der Waals surface area (Å²) in [4.78, 5) is 17.9. The molecule has 0 atom stereocenters. The van der Waals surface area contributed by atoms with E-state index in [4.69, 9.17) is 21.3 Å². The number of anilines is 2.